The van der Waals surface area contributed by atoms with Gasteiger partial charge in [-0.1, -0.05) is 17.7 Å². The Labute approximate surface area is 183 Å². The maximum absolute atomic E-state index is 14.3. The highest BCUT2D eigenvalue weighted by Gasteiger charge is 2.45. The molecule has 166 valence electrons. The highest BCUT2D eigenvalue weighted by atomic mass is 35.5. The van der Waals surface area contributed by atoms with Crippen molar-refractivity contribution in [2.75, 3.05) is 13.2 Å². The van der Waals surface area contributed by atoms with Gasteiger partial charge in [-0.15, -0.1) is 10.2 Å². The van der Waals surface area contributed by atoms with Crippen molar-refractivity contribution in [1.29, 1.82) is 0 Å². The first-order valence-electron chi connectivity index (χ1n) is 9.57. The number of benzene rings is 1. The average Bonchev–Trinajstić information content (AvgIpc) is 3.16. The number of carbonyl (C=O) groups is 1. The Hall–Kier alpha value is -3.05. The Balaban J connectivity index is 1.56. The smallest absolute Gasteiger partial charge is 0.377 e. The molecular weight excluding hydrogens is 454 g/mol. The van der Waals surface area contributed by atoms with Crippen LogP contribution in [-0.2, 0) is 17.5 Å². The number of aromatic nitrogens is 4. The van der Waals surface area contributed by atoms with Crippen LogP contribution in [0.2, 0.25) is 5.02 Å². The number of nitrogens with zero attached hydrogens (tertiary/aromatic N) is 5. The standard InChI is InChI=1S/C20H14ClF4N5O2/c21-15-11(3-1-4-12(15)20(23,24)25)19(31)30-10-7-29-17(14(30)9-32-8-10)27-28-18(29)16-13(22)5-2-6-26-16/h1-6,10,14H,7-9H2. The van der Waals surface area contributed by atoms with Gasteiger partial charge in [-0.2, -0.15) is 13.2 Å². The number of alkyl halides is 3. The van der Waals surface area contributed by atoms with Crippen LogP contribution >= 0.6 is 11.6 Å². The first-order valence-corrected chi connectivity index (χ1v) is 9.95. The summed E-state index contributed by atoms with van der Waals surface area (Å²) in [5.74, 6) is -0.700. The average molecular weight is 468 g/mol. The van der Waals surface area contributed by atoms with Crippen LogP contribution in [-0.4, -0.2) is 49.8 Å². The normalized spacial score (nSPS) is 20.2. The number of hydrogen-bond donors (Lipinski definition) is 0. The predicted molar refractivity (Wildman–Crippen MR) is 103 cm³/mol. The molecule has 0 aliphatic carbocycles. The van der Waals surface area contributed by atoms with Crippen molar-refractivity contribution < 1.29 is 27.1 Å². The molecule has 32 heavy (non-hydrogen) atoms. The molecule has 12 heteroatoms. The van der Waals surface area contributed by atoms with Crippen LogP contribution in [0.1, 0.15) is 27.8 Å². The van der Waals surface area contributed by atoms with Gasteiger partial charge in [0.2, 0.25) is 0 Å². The van der Waals surface area contributed by atoms with E-state index in [1.54, 1.807) is 4.57 Å². The van der Waals surface area contributed by atoms with Crippen molar-refractivity contribution in [2.45, 2.75) is 24.8 Å². The molecule has 1 aromatic carbocycles. The molecular formula is C20H14ClF4N5O2. The Morgan fingerprint density at radius 2 is 1.97 bits per heavy atom. The summed E-state index contributed by atoms with van der Waals surface area (Å²) in [7, 11) is 0. The molecule has 2 aromatic heterocycles. The third-order valence-corrected chi connectivity index (χ3v) is 5.93. The van der Waals surface area contributed by atoms with Crippen molar-refractivity contribution in [3.63, 3.8) is 0 Å². The fourth-order valence-corrected chi connectivity index (χ4v) is 4.42. The summed E-state index contributed by atoms with van der Waals surface area (Å²) in [6, 6.07) is 4.65. The number of pyridine rings is 1. The minimum absolute atomic E-state index is 0.0194. The van der Waals surface area contributed by atoms with Crippen LogP contribution in [0, 0.1) is 5.82 Å². The zero-order chi connectivity index (χ0) is 22.6. The summed E-state index contributed by atoms with van der Waals surface area (Å²) in [6.07, 6.45) is -3.27. The van der Waals surface area contributed by atoms with E-state index < -0.39 is 40.6 Å². The van der Waals surface area contributed by atoms with E-state index in [2.05, 4.69) is 15.2 Å². The zero-order valence-corrected chi connectivity index (χ0v) is 16.9. The first kappa shape index (κ1) is 20.8. The van der Waals surface area contributed by atoms with E-state index in [9.17, 15) is 22.4 Å². The van der Waals surface area contributed by atoms with Gasteiger partial charge in [0, 0.05) is 12.7 Å². The molecule has 1 fully saturated rings. The van der Waals surface area contributed by atoms with E-state index in [1.165, 1.54) is 29.3 Å². The molecule has 1 saturated heterocycles. The molecule has 2 bridgehead atoms. The van der Waals surface area contributed by atoms with E-state index in [0.717, 1.165) is 12.1 Å². The highest BCUT2D eigenvalue weighted by Crippen LogP contribution is 2.40. The monoisotopic (exact) mass is 467 g/mol. The molecule has 0 saturated carbocycles. The molecule has 4 heterocycles. The van der Waals surface area contributed by atoms with Crippen molar-refractivity contribution in [3.05, 3.63) is 64.3 Å². The van der Waals surface area contributed by atoms with Crippen molar-refractivity contribution in [1.82, 2.24) is 24.6 Å². The fourth-order valence-electron chi connectivity index (χ4n) is 4.11. The van der Waals surface area contributed by atoms with Gasteiger partial charge in [0.15, 0.2) is 17.5 Å². The molecule has 2 atom stereocenters. The molecule has 0 radical (unpaired) electrons. The summed E-state index contributed by atoms with van der Waals surface area (Å²) in [5.41, 5.74) is -1.33. The maximum atomic E-state index is 14.3. The van der Waals surface area contributed by atoms with E-state index >= 15 is 0 Å². The third kappa shape index (κ3) is 3.23. The van der Waals surface area contributed by atoms with Gasteiger partial charge in [-0.25, -0.2) is 9.37 Å². The van der Waals surface area contributed by atoms with Crippen molar-refractivity contribution in [3.8, 4) is 11.5 Å². The fraction of sp³-hybridized carbons (Fsp3) is 0.300. The summed E-state index contributed by atoms with van der Waals surface area (Å²) in [5, 5.41) is 7.52. The Morgan fingerprint density at radius 3 is 2.72 bits per heavy atom. The Kier molecular flexibility index (Phi) is 4.90. The number of ether oxygens (including phenoxy) is 1. The van der Waals surface area contributed by atoms with Gasteiger partial charge in [-0.05, 0) is 24.3 Å². The quantitative estimate of drug-likeness (QED) is 0.537. The lowest BCUT2D eigenvalue weighted by molar-refractivity contribution is -0.137. The van der Waals surface area contributed by atoms with E-state index in [1.807, 2.05) is 0 Å². The zero-order valence-electron chi connectivity index (χ0n) is 16.2. The molecule has 2 unspecified atom stereocenters. The summed E-state index contributed by atoms with van der Waals surface area (Å²) in [4.78, 5) is 18.8. The lowest BCUT2D eigenvalue weighted by atomic mass is 10.0. The topological polar surface area (TPSA) is 73.1 Å². The van der Waals surface area contributed by atoms with Gasteiger partial charge in [0.1, 0.15) is 11.7 Å². The Bertz CT molecular complexity index is 1210. The van der Waals surface area contributed by atoms with Crippen LogP contribution in [0.25, 0.3) is 11.5 Å². The minimum atomic E-state index is -4.70. The number of halogens is 5. The third-order valence-electron chi connectivity index (χ3n) is 5.53. The number of morpholine rings is 1. The lowest BCUT2D eigenvalue weighted by Gasteiger charge is -2.45. The minimum Gasteiger partial charge on any atom is -0.377 e. The van der Waals surface area contributed by atoms with Crippen LogP contribution in [0.15, 0.2) is 36.5 Å². The molecule has 0 spiro atoms. The Morgan fingerprint density at radius 1 is 1.16 bits per heavy atom. The molecule has 1 amide bonds. The lowest BCUT2D eigenvalue weighted by Crippen LogP contribution is -2.56. The summed E-state index contributed by atoms with van der Waals surface area (Å²) >= 11 is 5.98. The highest BCUT2D eigenvalue weighted by molar-refractivity contribution is 6.34. The van der Waals surface area contributed by atoms with E-state index in [0.29, 0.717) is 5.82 Å². The molecule has 2 aliphatic heterocycles. The van der Waals surface area contributed by atoms with E-state index in [4.69, 9.17) is 16.3 Å². The van der Waals surface area contributed by atoms with Crippen LogP contribution in [0.3, 0.4) is 0 Å². The second-order valence-corrected chi connectivity index (χ2v) is 7.79. The van der Waals surface area contributed by atoms with Crippen LogP contribution in [0.4, 0.5) is 17.6 Å². The van der Waals surface area contributed by atoms with Crippen LogP contribution < -0.4 is 0 Å². The number of rotatable bonds is 2. The van der Waals surface area contributed by atoms with Crippen LogP contribution in [0.5, 0.6) is 0 Å². The van der Waals surface area contributed by atoms with Gasteiger partial charge in [-0.3, -0.25) is 4.79 Å². The summed E-state index contributed by atoms with van der Waals surface area (Å²) in [6.45, 7) is 0.356. The predicted octanol–water partition coefficient (Wildman–Crippen LogP) is 3.75. The number of amides is 1. The molecule has 3 aromatic rings. The molecule has 2 aliphatic rings. The molecule has 7 nitrogen and oxygen atoms in total. The van der Waals surface area contributed by atoms with Gasteiger partial charge in [0.05, 0.1) is 35.4 Å². The van der Waals surface area contributed by atoms with Crippen molar-refractivity contribution >= 4 is 17.5 Å². The van der Waals surface area contributed by atoms with Gasteiger partial charge < -0.3 is 14.2 Å². The second kappa shape index (κ2) is 7.52. The number of carbonyl (C=O) groups excluding carboxylic acids is 1. The van der Waals surface area contributed by atoms with Gasteiger partial charge in [0.25, 0.3) is 5.91 Å². The number of hydrogen-bond acceptors (Lipinski definition) is 5. The number of fused-ring (bicyclic) bond motifs is 4. The second-order valence-electron chi connectivity index (χ2n) is 7.41. The van der Waals surface area contributed by atoms with Crippen molar-refractivity contribution in [2.24, 2.45) is 0 Å². The van der Waals surface area contributed by atoms with Gasteiger partial charge >= 0.3 is 6.18 Å². The van der Waals surface area contributed by atoms with E-state index in [-0.39, 0.29) is 36.8 Å². The largest absolute Gasteiger partial charge is 0.417 e. The molecule has 5 rings (SSSR count). The molecule has 0 N–H and O–H groups in total. The SMILES string of the molecule is O=C(c1cccc(C(F)(F)F)c1Cl)N1C2COCC1c1nnc(-c3ncccc3F)n1C2. The first-order chi connectivity index (χ1) is 15.3. The maximum Gasteiger partial charge on any atom is 0.417 e. The summed E-state index contributed by atoms with van der Waals surface area (Å²) < 4.78 is 61.3.